The average molecular weight is 275 g/mol. The minimum Gasteiger partial charge on any atom is -0.383 e. The van der Waals surface area contributed by atoms with E-state index in [9.17, 15) is 0 Å². The van der Waals surface area contributed by atoms with E-state index in [-0.39, 0.29) is 6.04 Å². The van der Waals surface area contributed by atoms with Gasteiger partial charge in [-0.3, -0.25) is 0 Å². The van der Waals surface area contributed by atoms with E-state index in [0.29, 0.717) is 13.2 Å². The molecule has 1 aromatic carbocycles. The van der Waals surface area contributed by atoms with Gasteiger partial charge in [0, 0.05) is 13.7 Å². The number of benzene rings is 1. The minimum absolute atomic E-state index is 0.0885. The third kappa shape index (κ3) is 3.85. The molecule has 0 aliphatic heterocycles. The van der Waals surface area contributed by atoms with E-state index in [1.54, 1.807) is 7.11 Å². The van der Waals surface area contributed by atoms with Gasteiger partial charge in [-0.15, -0.1) is 5.10 Å². The van der Waals surface area contributed by atoms with E-state index in [2.05, 4.69) is 52.0 Å². The van der Waals surface area contributed by atoms with Gasteiger partial charge >= 0.3 is 0 Å². The highest BCUT2D eigenvalue weighted by molar-refractivity contribution is 5.21. The van der Waals surface area contributed by atoms with Crippen LogP contribution in [0.2, 0.25) is 0 Å². The Morgan fingerprint density at radius 2 is 2.05 bits per heavy atom. The molecule has 20 heavy (non-hydrogen) atoms. The number of ether oxygens (including phenoxy) is 1. The first kappa shape index (κ1) is 14.6. The molecule has 0 saturated carbocycles. The van der Waals surface area contributed by atoms with Crippen LogP contribution in [-0.2, 0) is 11.3 Å². The Morgan fingerprint density at radius 3 is 2.75 bits per heavy atom. The van der Waals surface area contributed by atoms with Crippen molar-refractivity contribution in [2.75, 3.05) is 20.3 Å². The molecule has 108 valence electrons. The minimum atomic E-state index is 0.0885. The Labute approximate surface area is 119 Å². The summed E-state index contributed by atoms with van der Waals surface area (Å²) < 4.78 is 6.85. The van der Waals surface area contributed by atoms with Gasteiger partial charge < -0.3 is 10.1 Å². The third-order valence-corrected chi connectivity index (χ3v) is 3.16. The Bertz CT molecular complexity index is 523. The quantitative estimate of drug-likeness (QED) is 0.772. The van der Waals surface area contributed by atoms with Gasteiger partial charge in [-0.2, -0.15) is 0 Å². The van der Waals surface area contributed by atoms with Crippen LogP contribution in [0.15, 0.2) is 24.3 Å². The molecule has 1 N–H and O–H groups in total. The Hall–Kier alpha value is -1.79. The first-order valence-electron chi connectivity index (χ1n) is 6.74. The molecule has 6 nitrogen and oxygen atoms in total. The summed E-state index contributed by atoms with van der Waals surface area (Å²) in [5.41, 5.74) is 2.44. The number of hydrogen-bond acceptors (Lipinski definition) is 5. The van der Waals surface area contributed by atoms with Crippen molar-refractivity contribution in [3.63, 3.8) is 0 Å². The molecule has 1 aromatic heterocycles. The summed E-state index contributed by atoms with van der Waals surface area (Å²) in [6.07, 6.45) is 0. The third-order valence-electron chi connectivity index (χ3n) is 3.16. The summed E-state index contributed by atoms with van der Waals surface area (Å²) >= 11 is 0. The summed E-state index contributed by atoms with van der Waals surface area (Å²) in [7, 11) is 1.69. The second-order valence-corrected chi connectivity index (χ2v) is 4.85. The molecule has 2 aromatic rings. The van der Waals surface area contributed by atoms with Crippen LogP contribution in [0.25, 0.3) is 0 Å². The zero-order valence-corrected chi connectivity index (χ0v) is 12.2. The fraction of sp³-hybridized carbons (Fsp3) is 0.500. The smallest absolute Gasteiger partial charge is 0.168 e. The lowest BCUT2D eigenvalue weighted by molar-refractivity contribution is 0.196. The Kier molecular flexibility index (Phi) is 5.20. The van der Waals surface area contributed by atoms with Crippen LogP contribution >= 0.6 is 0 Å². The summed E-state index contributed by atoms with van der Waals surface area (Å²) in [6, 6.07) is 8.48. The number of hydrogen-bond donors (Lipinski definition) is 1. The van der Waals surface area contributed by atoms with Crippen molar-refractivity contribution in [2.45, 2.75) is 26.4 Å². The molecule has 2 rings (SSSR count). The fourth-order valence-corrected chi connectivity index (χ4v) is 1.97. The maximum Gasteiger partial charge on any atom is 0.168 e. The standard InChI is InChI=1S/C14H21N5O/c1-11-4-6-13(7-5-11)10-19-14(16-17-18-19)12(2)15-8-9-20-3/h4-7,12,15H,8-10H2,1-3H3. The van der Waals surface area contributed by atoms with Gasteiger partial charge in [0.25, 0.3) is 0 Å². The largest absolute Gasteiger partial charge is 0.383 e. The SMILES string of the molecule is COCCNC(C)c1nnnn1Cc1ccc(C)cc1. The molecule has 0 amide bonds. The fourth-order valence-electron chi connectivity index (χ4n) is 1.97. The van der Waals surface area contributed by atoms with Crippen molar-refractivity contribution < 1.29 is 4.74 Å². The number of rotatable bonds is 7. The van der Waals surface area contributed by atoms with E-state index >= 15 is 0 Å². The highest BCUT2D eigenvalue weighted by Gasteiger charge is 2.13. The van der Waals surface area contributed by atoms with Gasteiger partial charge in [0.15, 0.2) is 5.82 Å². The number of nitrogens with zero attached hydrogens (tertiary/aromatic N) is 4. The predicted octanol–water partition coefficient (Wildman–Crippen LogP) is 1.33. The Balaban J connectivity index is 2.02. The lowest BCUT2D eigenvalue weighted by Crippen LogP contribution is -2.26. The summed E-state index contributed by atoms with van der Waals surface area (Å²) in [5.74, 6) is 0.835. The molecule has 1 atom stereocenters. The number of methoxy groups -OCH3 is 1. The number of aryl methyl sites for hydroxylation is 1. The van der Waals surface area contributed by atoms with Gasteiger partial charge in [0.1, 0.15) is 0 Å². The van der Waals surface area contributed by atoms with Gasteiger partial charge in [-0.1, -0.05) is 29.8 Å². The monoisotopic (exact) mass is 275 g/mol. The zero-order valence-electron chi connectivity index (χ0n) is 12.2. The first-order valence-corrected chi connectivity index (χ1v) is 6.74. The highest BCUT2D eigenvalue weighted by Crippen LogP contribution is 2.10. The van der Waals surface area contributed by atoms with Crippen LogP contribution in [0.3, 0.4) is 0 Å². The van der Waals surface area contributed by atoms with E-state index in [1.165, 1.54) is 11.1 Å². The lowest BCUT2D eigenvalue weighted by Gasteiger charge is -2.13. The zero-order chi connectivity index (χ0) is 14.4. The molecule has 0 aliphatic rings. The van der Waals surface area contributed by atoms with E-state index in [0.717, 1.165) is 12.4 Å². The highest BCUT2D eigenvalue weighted by atomic mass is 16.5. The number of aromatic nitrogens is 4. The molecule has 1 heterocycles. The molecule has 0 saturated heterocycles. The normalized spacial score (nSPS) is 12.6. The van der Waals surface area contributed by atoms with Gasteiger partial charge in [0.05, 0.1) is 19.2 Å². The molecule has 0 bridgehead atoms. The first-order chi connectivity index (χ1) is 9.70. The van der Waals surface area contributed by atoms with E-state index < -0.39 is 0 Å². The van der Waals surface area contributed by atoms with Crippen molar-refractivity contribution in [1.29, 1.82) is 0 Å². The van der Waals surface area contributed by atoms with Crippen molar-refractivity contribution in [2.24, 2.45) is 0 Å². The van der Waals surface area contributed by atoms with Gasteiger partial charge in [0.2, 0.25) is 0 Å². The maximum absolute atomic E-state index is 5.03. The molecular formula is C14H21N5O. The van der Waals surface area contributed by atoms with Crippen LogP contribution < -0.4 is 5.32 Å². The van der Waals surface area contributed by atoms with Crippen molar-refractivity contribution in [3.8, 4) is 0 Å². The van der Waals surface area contributed by atoms with Gasteiger partial charge in [-0.05, 0) is 29.8 Å². The maximum atomic E-state index is 5.03. The number of nitrogens with one attached hydrogen (secondary N) is 1. The van der Waals surface area contributed by atoms with Crippen LogP contribution in [0.5, 0.6) is 0 Å². The molecule has 6 heteroatoms. The lowest BCUT2D eigenvalue weighted by atomic mass is 10.1. The van der Waals surface area contributed by atoms with Crippen LogP contribution in [0.1, 0.15) is 29.9 Å². The molecule has 0 fully saturated rings. The van der Waals surface area contributed by atoms with Gasteiger partial charge in [-0.25, -0.2) is 4.68 Å². The molecule has 0 aliphatic carbocycles. The molecule has 0 radical (unpaired) electrons. The van der Waals surface area contributed by atoms with Crippen molar-refractivity contribution in [1.82, 2.24) is 25.5 Å². The molecular weight excluding hydrogens is 254 g/mol. The number of tetrazole rings is 1. The Morgan fingerprint density at radius 1 is 1.30 bits per heavy atom. The second-order valence-electron chi connectivity index (χ2n) is 4.85. The topological polar surface area (TPSA) is 64.9 Å². The second kappa shape index (κ2) is 7.12. The van der Waals surface area contributed by atoms with Crippen LogP contribution in [0, 0.1) is 6.92 Å². The summed E-state index contributed by atoms with van der Waals surface area (Å²) in [5, 5.41) is 15.3. The van der Waals surface area contributed by atoms with Crippen LogP contribution in [-0.4, -0.2) is 40.5 Å². The van der Waals surface area contributed by atoms with Crippen molar-refractivity contribution >= 4 is 0 Å². The predicted molar refractivity (Wildman–Crippen MR) is 76.4 cm³/mol. The average Bonchev–Trinajstić information content (AvgIpc) is 2.90. The summed E-state index contributed by atoms with van der Waals surface area (Å²) in [6.45, 7) is 6.25. The van der Waals surface area contributed by atoms with E-state index in [4.69, 9.17) is 4.74 Å². The molecule has 1 unspecified atom stereocenters. The summed E-state index contributed by atoms with van der Waals surface area (Å²) in [4.78, 5) is 0. The van der Waals surface area contributed by atoms with E-state index in [1.807, 2.05) is 11.6 Å². The van der Waals surface area contributed by atoms with Crippen LogP contribution in [0.4, 0.5) is 0 Å². The molecule has 0 spiro atoms. The van der Waals surface area contributed by atoms with Crippen molar-refractivity contribution in [3.05, 3.63) is 41.2 Å².